The average Bonchev–Trinajstić information content (AvgIpc) is 2.44. The molecule has 6 heteroatoms. The SMILES string of the molecule is CCCC/C=C/[C@@H](C)S(=O)NS(=O)(=O)c1ccccc1. The molecule has 1 aromatic rings. The van der Waals surface area contributed by atoms with Crippen LogP contribution in [0.25, 0.3) is 0 Å². The molecule has 1 N–H and O–H groups in total. The third kappa shape index (κ3) is 5.56. The Kier molecular flexibility index (Phi) is 7.12. The smallest absolute Gasteiger partial charge is 0.241 e. The van der Waals surface area contributed by atoms with E-state index in [-0.39, 0.29) is 10.1 Å². The van der Waals surface area contributed by atoms with Gasteiger partial charge in [-0.05, 0) is 25.5 Å². The number of hydrogen-bond donors (Lipinski definition) is 1. The van der Waals surface area contributed by atoms with E-state index < -0.39 is 21.0 Å². The second-order valence-electron chi connectivity index (χ2n) is 4.47. The number of allylic oxidation sites excluding steroid dienone is 1. The Hall–Kier alpha value is -0.980. The van der Waals surface area contributed by atoms with Crippen LogP contribution in [0.2, 0.25) is 0 Å². The lowest BCUT2D eigenvalue weighted by Gasteiger charge is -2.09. The molecule has 20 heavy (non-hydrogen) atoms. The topological polar surface area (TPSA) is 63.2 Å². The maximum Gasteiger partial charge on any atom is 0.251 e. The minimum atomic E-state index is -3.72. The third-order valence-corrected chi connectivity index (χ3v) is 5.97. The molecule has 0 aromatic heterocycles. The van der Waals surface area contributed by atoms with Gasteiger partial charge in [0.2, 0.25) is 0 Å². The maximum absolute atomic E-state index is 12.0. The fourth-order valence-corrected chi connectivity index (χ4v) is 4.14. The molecule has 0 aliphatic rings. The van der Waals surface area contributed by atoms with Crippen LogP contribution in [0.1, 0.15) is 33.1 Å². The van der Waals surface area contributed by atoms with Gasteiger partial charge in [-0.3, -0.25) is 0 Å². The Balaban J connectivity index is 2.64. The van der Waals surface area contributed by atoms with E-state index in [1.807, 2.05) is 6.08 Å². The molecule has 0 aliphatic heterocycles. The van der Waals surface area contributed by atoms with Crippen molar-refractivity contribution in [2.75, 3.05) is 0 Å². The van der Waals surface area contributed by atoms with Gasteiger partial charge in [0.05, 0.1) is 10.1 Å². The summed E-state index contributed by atoms with van der Waals surface area (Å²) in [6, 6.07) is 7.94. The van der Waals surface area contributed by atoms with E-state index in [4.69, 9.17) is 0 Å². The number of benzene rings is 1. The van der Waals surface area contributed by atoms with Crippen LogP contribution >= 0.6 is 0 Å². The molecule has 1 unspecified atom stereocenters. The highest BCUT2D eigenvalue weighted by molar-refractivity contribution is 8.02. The lowest BCUT2D eigenvalue weighted by atomic mass is 10.2. The Labute approximate surface area is 123 Å². The summed E-state index contributed by atoms with van der Waals surface area (Å²) >= 11 is 0. The first kappa shape index (κ1) is 17.1. The maximum atomic E-state index is 12.0. The van der Waals surface area contributed by atoms with Crippen molar-refractivity contribution in [3.63, 3.8) is 0 Å². The summed E-state index contributed by atoms with van der Waals surface area (Å²) in [5.41, 5.74) is 0. The minimum Gasteiger partial charge on any atom is -0.241 e. The van der Waals surface area contributed by atoms with Gasteiger partial charge in [-0.25, -0.2) is 12.6 Å². The molecular formula is C14H21NO3S2. The Morgan fingerprint density at radius 3 is 2.55 bits per heavy atom. The predicted molar refractivity (Wildman–Crippen MR) is 83.0 cm³/mol. The summed E-state index contributed by atoms with van der Waals surface area (Å²) < 4.78 is 38.2. The van der Waals surface area contributed by atoms with Crippen molar-refractivity contribution in [2.24, 2.45) is 0 Å². The fraction of sp³-hybridized carbons (Fsp3) is 0.429. The largest absolute Gasteiger partial charge is 0.251 e. The zero-order valence-corrected chi connectivity index (χ0v) is 13.4. The fourth-order valence-electron chi connectivity index (χ4n) is 1.51. The minimum absolute atomic E-state index is 0.121. The van der Waals surface area contributed by atoms with Crippen LogP contribution in [0.5, 0.6) is 0 Å². The van der Waals surface area contributed by atoms with Crippen molar-refractivity contribution in [3.05, 3.63) is 42.5 Å². The van der Waals surface area contributed by atoms with Gasteiger partial charge in [0.15, 0.2) is 0 Å². The van der Waals surface area contributed by atoms with Gasteiger partial charge in [-0.1, -0.05) is 50.1 Å². The van der Waals surface area contributed by atoms with E-state index in [1.165, 1.54) is 12.1 Å². The third-order valence-electron chi connectivity index (χ3n) is 2.71. The first-order chi connectivity index (χ1) is 9.47. The number of sulfonamides is 1. The van der Waals surface area contributed by atoms with E-state index in [2.05, 4.69) is 11.1 Å². The van der Waals surface area contributed by atoms with Gasteiger partial charge in [0, 0.05) is 0 Å². The van der Waals surface area contributed by atoms with Gasteiger partial charge < -0.3 is 0 Å². The number of unbranched alkanes of at least 4 members (excludes halogenated alkanes) is 2. The van der Waals surface area contributed by atoms with Gasteiger partial charge >= 0.3 is 0 Å². The van der Waals surface area contributed by atoms with Crippen LogP contribution in [-0.2, 0) is 21.0 Å². The molecule has 1 aromatic carbocycles. The Morgan fingerprint density at radius 2 is 1.95 bits per heavy atom. The predicted octanol–water partition coefficient (Wildman–Crippen LogP) is 2.76. The summed E-state index contributed by atoms with van der Waals surface area (Å²) in [6.45, 7) is 3.83. The van der Waals surface area contributed by atoms with Crippen molar-refractivity contribution in [3.8, 4) is 0 Å². The van der Waals surface area contributed by atoms with Crippen LogP contribution in [0.15, 0.2) is 47.4 Å². The second-order valence-corrected chi connectivity index (χ2v) is 7.96. The summed E-state index contributed by atoms with van der Waals surface area (Å²) in [7, 11) is -5.39. The van der Waals surface area contributed by atoms with Crippen molar-refractivity contribution in [1.82, 2.24) is 4.13 Å². The zero-order valence-electron chi connectivity index (χ0n) is 11.8. The standard InChI is InChI=1S/C14H21NO3S2/c1-3-4-5-7-10-13(2)19(16)15-20(17,18)14-11-8-6-9-12-14/h6-13,15H,3-5H2,1-2H3/b10-7+/t13-,19?/m1/s1. The lowest BCUT2D eigenvalue weighted by Crippen LogP contribution is -2.31. The molecule has 0 saturated heterocycles. The van der Waals surface area contributed by atoms with Crippen molar-refractivity contribution in [1.29, 1.82) is 0 Å². The first-order valence-electron chi connectivity index (χ1n) is 6.62. The summed E-state index contributed by atoms with van der Waals surface area (Å²) in [6.07, 6.45) is 6.83. The molecule has 1 rings (SSSR count). The Bertz CT molecular complexity index is 553. The van der Waals surface area contributed by atoms with Crippen molar-refractivity contribution in [2.45, 2.75) is 43.3 Å². The number of nitrogens with one attached hydrogen (secondary N) is 1. The number of rotatable bonds is 8. The van der Waals surface area contributed by atoms with Gasteiger partial charge in [0.1, 0.15) is 11.0 Å². The van der Waals surface area contributed by atoms with Crippen LogP contribution in [0.4, 0.5) is 0 Å². The molecule has 112 valence electrons. The van der Waals surface area contributed by atoms with Gasteiger partial charge in [-0.2, -0.15) is 0 Å². The lowest BCUT2D eigenvalue weighted by molar-refractivity contribution is 0.592. The zero-order chi connectivity index (χ0) is 15.0. The highest BCUT2D eigenvalue weighted by Crippen LogP contribution is 2.09. The normalized spacial score (nSPS) is 15.3. The monoisotopic (exact) mass is 315 g/mol. The summed E-state index contributed by atoms with van der Waals surface area (Å²) in [5.74, 6) is 0. The van der Waals surface area contributed by atoms with Crippen LogP contribution in [0.3, 0.4) is 0 Å². The Morgan fingerprint density at radius 1 is 1.30 bits per heavy atom. The molecule has 0 saturated carbocycles. The summed E-state index contributed by atoms with van der Waals surface area (Å²) in [4.78, 5) is 0.121. The van der Waals surface area contributed by atoms with Crippen LogP contribution in [0, 0.1) is 0 Å². The molecule has 0 spiro atoms. The van der Waals surface area contributed by atoms with Crippen LogP contribution < -0.4 is 4.13 Å². The molecule has 0 fully saturated rings. The molecule has 0 bridgehead atoms. The molecule has 0 radical (unpaired) electrons. The van der Waals surface area contributed by atoms with E-state index in [0.29, 0.717) is 0 Å². The molecular weight excluding hydrogens is 294 g/mol. The molecule has 0 aliphatic carbocycles. The van der Waals surface area contributed by atoms with Crippen LogP contribution in [-0.4, -0.2) is 17.9 Å². The summed E-state index contributed by atoms with van der Waals surface area (Å²) in [5, 5.41) is -0.356. The van der Waals surface area contributed by atoms with Crippen molar-refractivity contribution < 1.29 is 12.6 Å². The average molecular weight is 315 g/mol. The van der Waals surface area contributed by atoms with E-state index in [1.54, 1.807) is 31.2 Å². The second kappa shape index (κ2) is 8.34. The quantitative estimate of drug-likeness (QED) is 0.592. The van der Waals surface area contributed by atoms with E-state index in [0.717, 1.165) is 19.3 Å². The molecule has 4 nitrogen and oxygen atoms in total. The van der Waals surface area contributed by atoms with Gasteiger partial charge in [0.25, 0.3) is 10.0 Å². The van der Waals surface area contributed by atoms with E-state index in [9.17, 15) is 12.6 Å². The first-order valence-corrected chi connectivity index (χ1v) is 9.31. The highest BCUT2D eigenvalue weighted by Gasteiger charge is 2.19. The molecule has 0 heterocycles. The van der Waals surface area contributed by atoms with Gasteiger partial charge in [-0.15, -0.1) is 4.13 Å². The number of hydrogen-bond acceptors (Lipinski definition) is 3. The van der Waals surface area contributed by atoms with Crippen molar-refractivity contribution >= 4 is 21.0 Å². The highest BCUT2D eigenvalue weighted by atomic mass is 32.3. The molecule has 2 atom stereocenters. The van der Waals surface area contributed by atoms with E-state index >= 15 is 0 Å². The molecule has 0 amide bonds.